The first-order chi connectivity index (χ1) is 11.7. The quantitative estimate of drug-likeness (QED) is 0.672. The van der Waals surface area contributed by atoms with Crippen molar-refractivity contribution in [3.8, 4) is 11.5 Å². The van der Waals surface area contributed by atoms with Crippen molar-refractivity contribution < 1.29 is 4.74 Å². The molecular formula is C20H27N3O. The lowest BCUT2D eigenvalue weighted by molar-refractivity contribution is 0.481. The topological polar surface area (TPSA) is 27.7 Å². The molecule has 4 nitrogen and oxygen atoms in total. The zero-order valence-electron chi connectivity index (χ0n) is 15.1. The maximum Gasteiger partial charge on any atom is 0.153 e. The number of hydrogen-bond donors (Lipinski definition) is 1. The van der Waals surface area contributed by atoms with Crippen molar-refractivity contribution in [2.24, 2.45) is 0 Å². The fraction of sp³-hybridized carbons (Fsp3) is 0.400. The van der Waals surface area contributed by atoms with E-state index in [0.29, 0.717) is 0 Å². The maximum atomic E-state index is 6.22. The molecule has 0 saturated carbocycles. The number of benzene rings is 2. The molecule has 1 aliphatic rings. The van der Waals surface area contributed by atoms with E-state index in [9.17, 15) is 0 Å². The molecule has 128 valence electrons. The first-order valence-corrected chi connectivity index (χ1v) is 8.92. The highest BCUT2D eigenvalue weighted by molar-refractivity contribution is 5.79. The van der Waals surface area contributed by atoms with Crippen LogP contribution in [0.15, 0.2) is 36.4 Å². The van der Waals surface area contributed by atoms with Crippen molar-refractivity contribution in [3.63, 3.8) is 0 Å². The Morgan fingerprint density at radius 3 is 1.50 bits per heavy atom. The second-order valence-corrected chi connectivity index (χ2v) is 5.93. The van der Waals surface area contributed by atoms with Gasteiger partial charge in [0, 0.05) is 49.7 Å². The molecule has 0 aromatic heterocycles. The summed E-state index contributed by atoms with van der Waals surface area (Å²) in [5, 5.41) is 3.48. The molecule has 0 bridgehead atoms. The largest absolute Gasteiger partial charge is 0.453 e. The van der Waals surface area contributed by atoms with Gasteiger partial charge in [-0.05, 0) is 52.0 Å². The summed E-state index contributed by atoms with van der Waals surface area (Å²) in [7, 11) is 0. The lowest BCUT2D eigenvalue weighted by Crippen LogP contribution is -2.22. The molecule has 1 aliphatic heterocycles. The number of rotatable bonds is 6. The van der Waals surface area contributed by atoms with Crippen LogP contribution in [-0.4, -0.2) is 26.2 Å². The molecule has 1 N–H and O–H groups in total. The standard InChI is InChI=1S/C20H27N3O/c1-5-22(6-2)15-9-11-17-19(13-15)24-20-14-16(23(7-3)8-4)10-12-18(20)21-17/h9-14,21H,5-8H2,1-4H3. The Bertz CT molecular complexity index is 647. The van der Waals surface area contributed by atoms with Gasteiger partial charge in [0.25, 0.3) is 0 Å². The fourth-order valence-electron chi connectivity index (χ4n) is 3.23. The monoisotopic (exact) mass is 325 g/mol. The van der Waals surface area contributed by atoms with Crippen molar-refractivity contribution in [2.75, 3.05) is 41.3 Å². The highest BCUT2D eigenvalue weighted by atomic mass is 16.5. The third-order valence-electron chi connectivity index (χ3n) is 4.68. The highest BCUT2D eigenvalue weighted by Gasteiger charge is 2.19. The minimum absolute atomic E-state index is 0.892. The van der Waals surface area contributed by atoms with E-state index >= 15 is 0 Å². The van der Waals surface area contributed by atoms with Gasteiger partial charge in [-0.2, -0.15) is 0 Å². The normalized spacial score (nSPS) is 11.8. The van der Waals surface area contributed by atoms with E-state index in [1.807, 2.05) is 0 Å². The van der Waals surface area contributed by atoms with Gasteiger partial charge in [-0.3, -0.25) is 0 Å². The van der Waals surface area contributed by atoms with Crippen LogP contribution in [0.1, 0.15) is 27.7 Å². The molecule has 4 heteroatoms. The third-order valence-corrected chi connectivity index (χ3v) is 4.68. The van der Waals surface area contributed by atoms with Gasteiger partial charge in [-0.1, -0.05) is 0 Å². The van der Waals surface area contributed by atoms with Gasteiger partial charge in [0.15, 0.2) is 11.5 Å². The average Bonchev–Trinajstić information content (AvgIpc) is 2.62. The Labute approximate surface area is 145 Å². The molecular weight excluding hydrogens is 298 g/mol. The van der Waals surface area contributed by atoms with E-state index < -0.39 is 0 Å². The second-order valence-electron chi connectivity index (χ2n) is 5.93. The molecule has 0 fully saturated rings. The predicted octanol–water partition coefficient (Wildman–Crippen LogP) is 5.23. The van der Waals surface area contributed by atoms with E-state index in [1.165, 1.54) is 11.4 Å². The van der Waals surface area contributed by atoms with E-state index in [2.05, 4.69) is 79.2 Å². The van der Waals surface area contributed by atoms with Gasteiger partial charge in [-0.25, -0.2) is 0 Å². The summed E-state index contributed by atoms with van der Waals surface area (Å²) in [6, 6.07) is 12.8. The van der Waals surface area contributed by atoms with Gasteiger partial charge in [0.05, 0.1) is 11.4 Å². The molecule has 0 atom stereocenters. The minimum atomic E-state index is 0.892. The summed E-state index contributed by atoms with van der Waals surface area (Å²) in [6.07, 6.45) is 0. The van der Waals surface area contributed by atoms with Crippen LogP contribution in [0.25, 0.3) is 0 Å². The SMILES string of the molecule is CCN(CC)c1ccc2c(c1)Oc1cc(N(CC)CC)ccc1N2. The summed E-state index contributed by atoms with van der Waals surface area (Å²) in [4.78, 5) is 4.65. The summed E-state index contributed by atoms with van der Waals surface area (Å²) in [6.45, 7) is 12.7. The van der Waals surface area contributed by atoms with Crippen molar-refractivity contribution in [3.05, 3.63) is 36.4 Å². The van der Waals surface area contributed by atoms with E-state index in [0.717, 1.165) is 49.1 Å². The smallest absolute Gasteiger partial charge is 0.153 e. The van der Waals surface area contributed by atoms with Crippen LogP contribution in [0.4, 0.5) is 22.7 Å². The fourth-order valence-corrected chi connectivity index (χ4v) is 3.23. The van der Waals surface area contributed by atoms with E-state index in [1.54, 1.807) is 0 Å². The molecule has 2 aromatic rings. The number of ether oxygens (including phenoxy) is 1. The predicted molar refractivity (Wildman–Crippen MR) is 103 cm³/mol. The lowest BCUT2D eigenvalue weighted by atomic mass is 10.1. The zero-order chi connectivity index (χ0) is 17.1. The molecule has 0 unspecified atom stereocenters. The molecule has 0 amide bonds. The molecule has 0 spiro atoms. The summed E-state index contributed by atoms with van der Waals surface area (Å²) >= 11 is 0. The summed E-state index contributed by atoms with van der Waals surface area (Å²) in [5.74, 6) is 1.78. The first kappa shape index (κ1) is 16.5. The Hall–Kier alpha value is -2.36. The van der Waals surface area contributed by atoms with Crippen LogP contribution in [-0.2, 0) is 0 Å². The third kappa shape index (κ3) is 3.01. The number of nitrogens with one attached hydrogen (secondary N) is 1. The number of anilines is 4. The average molecular weight is 325 g/mol. The van der Waals surface area contributed by atoms with Crippen LogP contribution in [0, 0.1) is 0 Å². The van der Waals surface area contributed by atoms with Gasteiger partial charge in [-0.15, -0.1) is 0 Å². The van der Waals surface area contributed by atoms with Gasteiger partial charge in [0.1, 0.15) is 0 Å². The molecule has 2 aromatic carbocycles. The van der Waals surface area contributed by atoms with Crippen molar-refractivity contribution in [1.29, 1.82) is 0 Å². The maximum absolute atomic E-state index is 6.22. The first-order valence-electron chi connectivity index (χ1n) is 8.92. The molecule has 0 aliphatic carbocycles. The van der Waals surface area contributed by atoms with Crippen LogP contribution >= 0.6 is 0 Å². The summed E-state index contributed by atoms with van der Waals surface area (Å²) in [5.41, 5.74) is 4.44. The van der Waals surface area contributed by atoms with E-state index in [4.69, 9.17) is 4.74 Å². The van der Waals surface area contributed by atoms with Crippen LogP contribution in [0.3, 0.4) is 0 Å². The van der Waals surface area contributed by atoms with Crippen molar-refractivity contribution in [1.82, 2.24) is 0 Å². The second kappa shape index (κ2) is 7.04. The summed E-state index contributed by atoms with van der Waals surface area (Å²) < 4.78 is 6.22. The van der Waals surface area contributed by atoms with Crippen LogP contribution in [0.5, 0.6) is 11.5 Å². The Balaban J connectivity index is 1.91. The zero-order valence-corrected chi connectivity index (χ0v) is 15.1. The number of nitrogens with zero attached hydrogens (tertiary/aromatic N) is 2. The number of fused-ring (bicyclic) bond motifs is 2. The number of hydrogen-bond acceptors (Lipinski definition) is 4. The molecule has 0 saturated heterocycles. The highest BCUT2D eigenvalue weighted by Crippen LogP contribution is 2.44. The van der Waals surface area contributed by atoms with Crippen molar-refractivity contribution >= 4 is 22.7 Å². The molecule has 0 radical (unpaired) electrons. The minimum Gasteiger partial charge on any atom is -0.453 e. The Kier molecular flexibility index (Phi) is 4.84. The van der Waals surface area contributed by atoms with E-state index in [-0.39, 0.29) is 0 Å². The van der Waals surface area contributed by atoms with Gasteiger partial charge >= 0.3 is 0 Å². The molecule has 24 heavy (non-hydrogen) atoms. The van der Waals surface area contributed by atoms with Crippen molar-refractivity contribution in [2.45, 2.75) is 27.7 Å². The Morgan fingerprint density at radius 1 is 0.708 bits per heavy atom. The van der Waals surface area contributed by atoms with Gasteiger partial charge < -0.3 is 19.9 Å². The van der Waals surface area contributed by atoms with Gasteiger partial charge in [0.2, 0.25) is 0 Å². The molecule has 3 rings (SSSR count). The van der Waals surface area contributed by atoms with Crippen LogP contribution in [0.2, 0.25) is 0 Å². The lowest BCUT2D eigenvalue weighted by Gasteiger charge is -2.27. The van der Waals surface area contributed by atoms with Crippen LogP contribution < -0.4 is 19.9 Å². The molecule has 1 heterocycles. The Morgan fingerprint density at radius 2 is 1.12 bits per heavy atom.